The Bertz CT molecular complexity index is 1400. The summed E-state index contributed by atoms with van der Waals surface area (Å²) in [7, 11) is -3.27. The van der Waals surface area contributed by atoms with Gasteiger partial charge in [-0.25, -0.2) is 8.42 Å². The number of nitrogens with two attached hydrogens (primary N) is 1. The molecule has 150 valence electrons. The highest BCUT2D eigenvalue weighted by atomic mass is 32.2. The summed E-state index contributed by atoms with van der Waals surface area (Å²) in [4.78, 5) is 11.8. The Labute approximate surface area is 174 Å². The van der Waals surface area contributed by atoms with E-state index in [1.54, 1.807) is 42.5 Å². The Morgan fingerprint density at radius 3 is 2.17 bits per heavy atom. The van der Waals surface area contributed by atoms with E-state index in [1.807, 2.05) is 31.2 Å². The van der Waals surface area contributed by atoms with Crippen molar-refractivity contribution < 1.29 is 13.2 Å². The van der Waals surface area contributed by atoms with E-state index in [2.05, 4.69) is 10.2 Å². The van der Waals surface area contributed by atoms with E-state index in [0.29, 0.717) is 11.3 Å². The molecule has 0 aliphatic carbocycles. The van der Waals surface area contributed by atoms with Crippen molar-refractivity contribution in [3.8, 4) is 22.4 Å². The minimum absolute atomic E-state index is 0.257. The Hall–Kier alpha value is -3.58. The normalized spacial score (nSPS) is 11.5. The van der Waals surface area contributed by atoms with Gasteiger partial charge in [0.2, 0.25) is 5.91 Å². The van der Waals surface area contributed by atoms with E-state index in [4.69, 9.17) is 5.73 Å². The molecule has 0 saturated heterocycles. The van der Waals surface area contributed by atoms with Crippen LogP contribution < -0.4 is 5.73 Å². The molecule has 0 aliphatic heterocycles. The van der Waals surface area contributed by atoms with Crippen LogP contribution in [-0.4, -0.2) is 30.8 Å². The first-order valence-corrected chi connectivity index (χ1v) is 11.1. The maximum Gasteiger partial charge on any atom is 0.248 e. The quantitative estimate of drug-likeness (QED) is 0.544. The minimum atomic E-state index is -3.27. The summed E-state index contributed by atoms with van der Waals surface area (Å²) in [6.07, 6.45) is 1.18. The van der Waals surface area contributed by atoms with Crippen LogP contribution in [0.25, 0.3) is 33.2 Å². The molecule has 0 unspecified atom stereocenters. The Kier molecular flexibility index (Phi) is 4.83. The minimum Gasteiger partial charge on any atom is -0.366 e. The van der Waals surface area contributed by atoms with E-state index in [0.717, 1.165) is 33.2 Å². The first kappa shape index (κ1) is 19.7. The molecule has 1 amide bonds. The predicted octanol–water partition coefficient (Wildman–Crippen LogP) is 3.77. The third kappa shape index (κ3) is 3.67. The molecule has 0 saturated carbocycles. The molecule has 2 N–H and O–H groups in total. The number of carbonyl (C=O) groups is 1. The fraction of sp³-hybridized carbons (Fsp3) is 0.0870. The lowest BCUT2D eigenvalue weighted by Gasteiger charge is -2.10. The second-order valence-corrected chi connectivity index (χ2v) is 9.15. The van der Waals surface area contributed by atoms with Gasteiger partial charge in [0.05, 0.1) is 10.6 Å². The zero-order valence-corrected chi connectivity index (χ0v) is 17.3. The van der Waals surface area contributed by atoms with Gasteiger partial charge in [-0.05, 0) is 48.4 Å². The van der Waals surface area contributed by atoms with Gasteiger partial charge in [0.15, 0.2) is 9.84 Å². The zero-order chi connectivity index (χ0) is 21.5. The van der Waals surface area contributed by atoms with Crippen molar-refractivity contribution in [2.45, 2.75) is 11.8 Å². The zero-order valence-electron chi connectivity index (χ0n) is 16.5. The molecule has 4 rings (SSSR count). The number of primary amides is 1. The van der Waals surface area contributed by atoms with Crippen LogP contribution in [0.1, 0.15) is 16.1 Å². The van der Waals surface area contributed by atoms with E-state index in [-0.39, 0.29) is 4.90 Å². The van der Waals surface area contributed by atoms with Crippen molar-refractivity contribution in [3.05, 3.63) is 78.0 Å². The SMILES string of the molecule is Cc1nnc(-c2ccc(S(C)(=O)=O)cc2)c2ccc(-c3cccc(C(N)=O)c3)cc12. The largest absolute Gasteiger partial charge is 0.366 e. The number of rotatable bonds is 4. The second kappa shape index (κ2) is 7.35. The number of aromatic nitrogens is 2. The van der Waals surface area contributed by atoms with Gasteiger partial charge in [-0.3, -0.25) is 4.79 Å². The number of aryl methyl sites for hydroxylation is 1. The molecular weight excluding hydrogens is 398 g/mol. The lowest BCUT2D eigenvalue weighted by atomic mass is 9.97. The number of benzene rings is 3. The highest BCUT2D eigenvalue weighted by molar-refractivity contribution is 7.90. The fourth-order valence-corrected chi connectivity index (χ4v) is 4.02. The number of fused-ring (bicyclic) bond motifs is 1. The van der Waals surface area contributed by atoms with Crippen LogP contribution in [0.15, 0.2) is 71.6 Å². The van der Waals surface area contributed by atoms with Crippen molar-refractivity contribution in [3.63, 3.8) is 0 Å². The molecule has 0 aliphatic rings. The maximum absolute atomic E-state index is 11.7. The van der Waals surface area contributed by atoms with Crippen LogP contribution in [0.2, 0.25) is 0 Å². The molecule has 4 aromatic rings. The molecule has 0 spiro atoms. The predicted molar refractivity (Wildman–Crippen MR) is 117 cm³/mol. The van der Waals surface area contributed by atoms with Gasteiger partial charge in [0.25, 0.3) is 0 Å². The van der Waals surface area contributed by atoms with E-state index < -0.39 is 15.7 Å². The number of amides is 1. The lowest BCUT2D eigenvalue weighted by molar-refractivity contribution is 0.100. The van der Waals surface area contributed by atoms with E-state index >= 15 is 0 Å². The third-order valence-corrected chi connectivity index (χ3v) is 6.13. The number of carbonyl (C=O) groups excluding carboxylic acids is 1. The van der Waals surface area contributed by atoms with E-state index in [1.165, 1.54) is 6.26 Å². The van der Waals surface area contributed by atoms with Gasteiger partial charge in [0.1, 0.15) is 5.69 Å². The van der Waals surface area contributed by atoms with Gasteiger partial charge < -0.3 is 5.73 Å². The van der Waals surface area contributed by atoms with Crippen LogP contribution in [0.5, 0.6) is 0 Å². The molecule has 30 heavy (non-hydrogen) atoms. The summed E-state index contributed by atoms with van der Waals surface area (Å²) in [5.74, 6) is -0.473. The van der Waals surface area contributed by atoms with Crippen LogP contribution in [0.3, 0.4) is 0 Å². The molecule has 3 aromatic carbocycles. The van der Waals surface area contributed by atoms with Gasteiger partial charge in [-0.1, -0.05) is 36.4 Å². The molecule has 1 heterocycles. The highest BCUT2D eigenvalue weighted by Gasteiger charge is 2.13. The molecule has 0 radical (unpaired) electrons. The molecule has 6 nitrogen and oxygen atoms in total. The molecule has 7 heteroatoms. The molecule has 0 atom stereocenters. The first-order valence-electron chi connectivity index (χ1n) is 9.22. The smallest absolute Gasteiger partial charge is 0.248 e. The van der Waals surface area contributed by atoms with Crippen LogP contribution >= 0.6 is 0 Å². The number of hydrogen-bond acceptors (Lipinski definition) is 5. The van der Waals surface area contributed by atoms with Crippen molar-refractivity contribution in [1.29, 1.82) is 0 Å². The Morgan fingerprint density at radius 2 is 1.50 bits per heavy atom. The van der Waals surface area contributed by atoms with Gasteiger partial charge in [-0.15, -0.1) is 5.10 Å². The molecule has 1 aromatic heterocycles. The van der Waals surface area contributed by atoms with Crippen LogP contribution in [0, 0.1) is 6.92 Å². The van der Waals surface area contributed by atoms with Crippen molar-refractivity contribution in [2.24, 2.45) is 5.73 Å². The maximum atomic E-state index is 11.7. The molecular formula is C23H19N3O3S. The summed E-state index contributed by atoms with van der Waals surface area (Å²) in [6.45, 7) is 1.88. The topological polar surface area (TPSA) is 103 Å². The van der Waals surface area contributed by atoms with Gasteiger partial charge in [-0.2, -0.15) is 5.10 Å². The standard InChI is InChI=1S/C23H19N3O3S/c1-14-21-13-17(16-4-3-5-18(12-16)23(24)27)8-11-20(21)22(26-25-14)15-6-9-19(10-7-15)30(2,28)29/h3-13H,1-2H3,(H2,24,27). The number of hydrogen-bond donors (Lipinski definition) is 1. The van der Waals surface area contributed by atoms with Gasteiger partial charge >= 0.3 is 0 Å². The van der Waals surface area contributed by atoms with Crippen LogP contribution in [-0.2, 0) is 9.84 Å². The van der Waals surface area contributed by atoms with Crippen molar-refractivity contribution in [1.82, 2.24) is 10.2 Å². The molecule has 0 fully saturated rings. The lowest BCUT2D eigenvalue weighted by Crippen LogP contribution is -2.10. The Balaban J connectivity index is 1.84. The number of sulfone groups is 1. The van der Waals surface area contributed by atoms with Crippen LogP contribution in [0.4, 0.5) is 0 Å². The summed E-state index contributed by atoms with van der Waals surface area (Å²) in [5.41, 5.74) is 9.89. The summed E-state index contributed by atoms with van der Waals surface area (Å²) in [6, 6.07) is 19.7. The Morgan fingerprint density at radius 1 is 0.833 bits per heavy atom. The summed E-state index contributed by atoms with van der Waals surface area (Å²) >= 11 is 0. The average Bonchev–Trinajstić information content (AvgIpc) is 2.73. The van der Waals surface area contributed by atoms with Gasteiger partial charge in [0, 0.05) is 28.2 Å². The van der Waals surface area contributed by atoms with E-state index in [9.17, 15) is 13.2 Å². The highest BCUT2D eigenvalue weighted by Crippen LogP contribution is 2.32. The van der Waals surface area contributed by atoms with Crippen molar-refractivity contribution in [2.75, 3.05) is 6.26 Å². The fourth-order valence-electron chi connectivity index (χ4n) is 3.39. The monoisotopic (exact) mass is 417 g/mol. The first-order chi connectivity index (χ1) is 14.2. The summed E-state index contributed by atoms with van der Waals surface area (Å²) < 4.78 is 23.4. The van der Waals surface area contributed by atoms with Crippen molar-refractivity contribution >= 4 is 26.5 Å². The molecule has 0 bridgehead atoms. The third-order valence-electron chi connectivity index (χ3n) is 5.00. The average molecular weight is 417 g/mol. The number of nitrogens with zero attached hydrogens (tertiary/aromatic N) is 2. The summed E-state index contributed by atoms with van der Waals surface area (Å²) in [5, 5.41) is 10.5. The second-order valence-electron chi connectivity index (χ2n) is 7.14.